The molecule has 0 atom stereocenters. The van der Waals surface area contributed by atoms with Crippen LogP contribution in [0.5, 0.6) is 0 Å². The highest BCUT2D eigenvalue weighted by Gasteiger charge is 2.02. The molecule has 2 aromatic carbocycles. The van der Waals surface area contributed by atoms with Gasteiger partial charge in [0.1, 0.15) is 0 Å². The predicted octanol–water partition coefficient (Wildman–Crippen LogP) is 3.97. The molecule has 1 nitrogen and oxygen atoms in total. The van der Waals surface area contributed by atoms with Crippen molar-refractivity contribution in [1.29, 1.82) is 0 Å². The van der Waals surface area contributed by atoms with Crippen molar-refractivity contribution in [2.45, 2.75) is 0 Å². The van der Waals surface area contributed by atoms with Crippen LogP contribution in [0.2, 0.25) is 5.02 Å². The largest absolute Gasteiger partial charge is 0.354 e. The Morgan fingerprint density at radius 3 is 2.57 bits per heavy atom. The molecule has 0 bridgehead atoms. The van der Waals surface area contributed by atoms with Crippen molar-refractivity contribution in [2.75, 3.05) is 0 Å². The fourth-order valence-corrected chi connectivity index (χ4v) is 2.00. The van der Waals surface area contributed by atoms with Crippen LogP contribution in [-0.2, 0) is 0 Å². The van der Waals surface area contributed by atoms with Gasteiger partial charge in [-0.2, -0.15) is 0 Å². The molecule has 3 rings (SSSR count). The Morgan fingerprint density at radius 2 is 1.64 bits per heavy atom. The molecule has 2 heteroatoms. The zero-order valence-corrected chi connectivity index (χ0v) is 8.18. The molecular weight excluding hydrogens is 194 g/mol. The molecule has 0 fully saturated rings. The van der Waals surface area contributed by atoms with E-state index in [0.717, 1.165) is 16.1 Å². The summed E-state index contributed by atoms with van der Waals surface area (Å²) in [7, 11) is 0. The van der Waals surface area contributed by atoms with E-state index in [-0.39, 0.29) is 0 Å². The average molecular weight is 202 g/mol. The number of rotatable bonds is 0. The van der Waals surface area contributed by atoms with E-state index in [1.165, 1.54) is 10.8 Å². The van der Waals surface area contributed by atoms with Gasteiger partial charge in [0.25, 0.3) is 0 Å². The first-order valence-corrected chi connectivity index (χ1v) is 4.88. The lowest BCUT2D eigenvalue weighted by Gasteiger charge is -1.90. The molecule has 0 aliphatic heterocycles. The molecule has 3 aromatic rings. The van der Waals surface area contributed by atoms with E-state index >= 15 is 0 Å². The van der Waals surface area contributed by atoms with Crippen molar-refractivity contribution in [3.05, 3.63) is 47.5 Å². The number of halogens is 1. The van der Waals surface area contributed by atoms with E-state index in [1.807, 2.05) is 24.3 Å². The summed E-state index contributed by atoms with van der Waals surface area (Å²) in [6, 6.07) is 14.2. The lowest BCUT2D eigenvalue weighted by Crippen LogP contribution is -1.66. The number of para-hydroxylation sites is 1. The summed E-state index contributed by atoms with van der Waals surface area (Å²) in [5.74, 6) is 0. The Hall–Kier alpha value is -1.47. The zero-order chi connectivity index (χ0) is 9.54. The van der Waals surface area contributed by atoms with Crippen molar-refractivity contribution in [1.82, 2.24) is 4.98 Å². The number of aromatic amines is 1. The average Bonchev–Trinajstić information content (AvgIpc) is 2.54. The number of hydrogen-bond donors (Lipinski definition) is 1. The van der Waals surface area contributed by atoms with Crippen LogP contribution in [-0.4, -0.2) is 4.98 Å². The van der Waals surface area contributed by atoms with Crippen LogP contribution < -0.4 is 0 Å². The van der Waals surface area contributed by atoms with Crippen molar-refractivity contribution in [2.24, 2.45) is 0 Å². The van der Waals surface area contributed by atoms with E-state index in [1.54, 1.807) is 0 Å². The first-order valence-electron chi connectivity index (χ1n) is 4.50. The minimum Gasteiger partial charge on any atom is -0.354 e. The van der Waals surface area contributed by atoms with Gasteiger partial charge in [-0.1, -0.05) is 35.9 Å². The minimum absolute atomic E-state index is 0.768. The molecule has 0 aliphatic rings. The number of H-pyrrole nitrogens is 1. The molecule has 0 spiro atoms. The third-order valence-corrected chi connectivity index (χ3v) is 2.70. The molecule has 0 aliphatic carbocycles. The number of nitrogens with one attached hydrogen (secondary N) is 1. The Bertz CT molecular complexity index is 610. The Morgan fingerprint density at radius 1 is 0.857 bits per heavy atom. The van der Waals surface area contributed by atoms with Crippen LogP contribution in [0.25, 0.3) is 21.8 Å². The molecule has 0 saturated heterocycles. The van der Waals surface area contributed by atoms with Gasteiger partial charge < -0.3 is 4.98 Å². The lowest BCUT2D eigenvalue weighted by atomic mass is 10.2. The maximum absolute atomic E-state index is 5.93. The SMILES string of the molecule is Clc1ccc2c(c1)[nH]c1ccccc12. The van der Waals surface area contributed by atoms with E-state index in [0.29, 0.717) is 0 Å². The Balaban J connectivity index is 2.57. The van der Waals surface area contributed by atoms with Gasteiger partial charge in [-0.05, 0) is 18.2 Å². The number of benzene rings is 2. The summed E-state index contributed by atoms with van der Waals surface area (Å²) in [6.07, 6.45) is 0. The normalized spacial score (nSPS) is 11.2. The summed E-state index contributed by atoms with van der Waals surface area (Å²) in [6.45, 7) is 0. The van der Waals surface area contributed by atoms with Crippen molar-refractivity contribution in [3.63, 3.8) is 0 Å². The fourth-order valence-electron chi connectivity index (χ4n) is 1.83. The summed E-state index contributed by atoms with van der Waals surface area (Å²) in [4.78, 5) is 3.33. The molecule has 1 heterocycles. The monoisotopic (exact) mass is 201 g/mol. The molecule has 0 saturated carbocycles. The second-order valence-corrected chi connectivity index (χ2v) is 3.80. The third-order valence-electron chi connectivity index (χ3n) is 2.47. The van der Waals surface area contributed by atoms with Gasteiger partial charge >= 0.3 is 0 Å². The van der Waals surface area contributed by atoms with Gasteiger partial charge in [-0.25, -0.2) is 0 Å². The number of aromatic nitrogens is 1. The standard InChI is InChI=1S/C12H8ClN/c13-8-5-6-10-9-3-1-2-4-11(9)14-12(10)7-8/h1-7,14H. The highest BCUT2D eigenvalue weighted by Crippen LogP contribution is 2.26. The summed E-state index contributed by atoms with van der Waals surface area (Å²) < 4.78 is 0. The maximum Gasteiger partial charge on any atom is 0.0479 e. The molecule has 1 N–H and O–H groups in total. The molecule has 0 amide bonds. The van der Waals surface area contributed by atoms with Crippen LogP contribution in [0.1, 0.15) is 0 Å². The van der Waals surface area contributed by atoms with Crippen molar-refractivity contribution in [3.8, 4) is 0 Å². The molecule has 68 valence electrons. The van der Waals surface area contributed by atoms with Crippen LogP contribution in [0.3, 0.4) is 0 Å². The quantitative estimate of drug-likeness (QED) is 0.567. The summed E-state index contributed by atoms with van der Waals surface area (Å²) >= 11 is 5.93. The van der Waals surface area contributed by atoms with Gasteiger partial charge in [0.2, 0.25) is 0 Å². The minimum atomic E-state index is 0.768. The van der Waals surface area contributed by atoms with E-state index < -0.39 is 0 Å². The first-order chi connectivity index (χ1) is 6.84. The Labute approximate surface area is 86.3 Å². The van der Waals surface area contributed by atoms with Crippen LogP contribution >= 0.6 is 11.6 Å². The molecule has 1 aromatic heterocycles. The van der Waals surface area contributed by atoms with E-state index in [9.17, 15) is 0 Å². The highest BCUT2D eigenvalue weighted by molar-refractivity contribution is 6.31. The lowest BCUT2D eigenvalue weighted by molar-refractivity contribution is 1.55. The van der Waals surface area contributed by atoms with E-state index in [4.69, 9.17) is 11.6 Å². The molecule has 0 unspecified atom stereocenters. The van der Waals surface area contributed by atoms with Crippen LogP contribution in [0.4, 0.5) is 0 Å². The van der Waals surface area contributed by atoms with E-state index in [2.05, 4.69) is 23.2 Å². The topological polar surface area (TPSA) is 15.8 Å². The fraction of sp³-hybridized carbons (Fsp3) is 0. The third kappa shape index (κ3) is 1.03. The van der Waals surface area contributed by atoms with Gasteiger partial charge in [-0.3, -0.25) is 0 Å². The number of hydrogen-bond acceptors (Lipinski definition) is 0. The van der Waals surface area contributed by atoms with Gasteiger partial charge in [0.05, 0.1) is 0 Å². The smallest absolute Gasteiger partial charge is 0.0479 e. The first kappa shape index (κ1) is 7.89. The maximum atomic E-state index is 5.93. The van der Waals surface area contributed by atoms with Crippen molar-refractivity contribution < 1.29 is 0 Å². The molecule has 0 radical (unpaired) electrons. The second kappa shape index (κ2) is 2.76. The molecule has 14 heavy (non-hydrogen) atoms. The zero-order valence-electron chi connectivity index (χ0n) is 7.42. The van der Waals surface area contributed by atoms with Crippen LogP contribution in [0.15, 0.2) is 42.5 Å². The summed E-state index contributed by atoms with van der Waals surface area (Å²) in [5.41, 5.74) is 2.25. The van der Waals surface area contributed by atoms with Crippen molar-refractivity contribution >= 4 is 33.4 Å². The summed E-state index contributed by atoms with van der Waals surface area (Å²) in [5, 5.41) is 3.24. The van der Waals surface area contributed by atoms with Gasteiger partial charge in [0.15, 0.2) is 0 Å². The van der Waals surface area contributed by atoms with Gasteiger partial charge in [0, 0.05) is 26.8 Å². The van der Waals surface area contributed by atoms with Crippen LogP contribution in [0, 0.1) is 0 Å². The highest BCUT2D eigenvalue weighted by atomic mass is 35.5. The number of fused-ring (bicyclic) bond motifs is 3. The van der Waals surface area contributed by atoms with Gasteiger partial charge in [-0.15, -0.1) is 0 Å². The second-order valence-electron chi connectivity index (χ2n) is 3.36. The Kier molecular flexibility index (Phi) is 1.55. The predicted molar refractivity (Wildman–Crippen MR) is 60.8 cm³/mol. The molecular formula is C12H8ClN.